The lowest BCUT2D eigenvalue weighted by Crippen LogP contribution is -2.25. The Morgan fingerprint density at radius 3 is 2.31 bits per heavy atom. The molecule has 0 fully saturated rings. The van der Waals surface area contributed by atoms with Gasteiger partial charge in [-0.15, -0.1) is 0 Å². The number of amides is 1. The lowest BCUT2D eigenvalue weighted by molar-refractivity contribution is -0.112. The first-order chi connectivity index (χ1) is 18.9. The van der Waals surface area contributed by atoms with Crippen LogP contribution in [0.5, 0.6) is 11.6 Å². The summed E-state index contributed by atoms with van der Waals surface area (Å²) in [5.41, 5.74) is 6.13. The summed E-state index contributed by atoms with van der Waals surface area (Å²) in [5.74, 6) is -0.129. The number of nitrogens with one attached hydrogen (secondary N) is 1. The normalized spacial score (nSPS) is 10.8. The summed E-state index contributed by atoms with van der Waals surface area (Å²) < 4.78 is 13.3. The van der Waals surface area contributed by atoms with Gasteiger partial charge < -0.3 is 19.2 Å². The molecule has 2 aromatic carbocycles. The largest absolute Gasteiger partial charge is 0.490 e. The van der Waals surface area contributed by atoms with E-state index in [-0.39, 0.29) is 0 Å². The number of benzene rings is 2. The van der Waals surface area contributed by atoms with Crippen molar-refractivity contribution in [1.82, 2.24) is 9.38 Å². The second-order valence-electron chi connectivity index (χ2n) is 9.33. The van der Waals surface area contributed by atoms with Gasteiger partial charge in [-0.1, -0.05) is 36.4 Å². The first-order valence-corrected chi connectivity index (χ1v) is 12.7. The average Bonchev–Trinajstić information content (AvgIpc) is 3.32. The Hall–Kier alpha value is -4.91. The number of ketones is 1. The molecular weight excluding hydrogens is 490 g/mol. The van der Waals surface area contributed by atoms with Gasteiger partial charge in [0.25, 0.3) is 11.7 Å². The van der Waals surface area contributed by atoms with Gasteiger partial charge in [-0.2, -0.15) is 0 Å². The van der Waals surface area contributed by atoms with Gasteiger partial charge in [-0.25, -0.2) is 4.98 Å². The number of pyridine rings is 2. The van der Waals surface area contributed by atoms with Crippen LogP contribution in [0, 0.1) is 20.8 Å². The monoisotopic (exact) mass is 519 g/mol. The van der Waals surface area contributed by atoms with Gasteiger partial charge >= 0.3 is 0 Å². The van der Waals surface area contributed by atoms with Crippen LogP contribution in [0.25, 0.3) is 16.6 Å². The third-order valence-corrected chi connectivity index (χ3v) is 6.28. The van der Waals surface area contributed by atoms with E-state index in [0.29, 0.717) is 41.8 Å². The zero-order valence-corrected chi connectivity index (χ0v) is 22.1. The fraction of sp³-hybridized carbons (Fsp3) is 0.156. The first kappa shape index (κ1) is 25.7. The van der Waals surface area contributed by atoms with Crippen molar-refractivity contribution in [2.24, 2.45) is 0 Å². The molecule has 7 nitrogen and oxygen atoms in total. The maximum absolute atomic E-state index is 13.5. The number of carbonyl (C=O) groups excluding carboxylic acids is 2. The minimum Gasteiger partial charge on any atom is -0.490 e. The molecule has 0 radical (unpaired) electrons. The van der Waals surface area contributed by atoms with Gasteiger partial charge in [-0.3, -0.25) is 9.59 Å². The van der Waals surface area contributed by atoms with Crippen molar-refractivity contribution in [3.63, 3.8) is 0 Å². The fourth-order valence-corrected chi connectivity index (χ4v) is 4.57. The number of aryl methyl sites for hydroxylation is 3. The number of carbonyl (C=O) groups is 2. The minimum atomic E-state index is -0.710. The lowest BCUT2D eigenvalue weighted by atomic mass is 10.0. The Kier molecular flexibility index (Phi) is 7.41. The quantitative estimate of drug-likeness (QED) is 0.142. The summed E-state index contributed by atoms with van der Waals surface area (Å²) in [7, 11) is 0. The molecule has 0 saturated heterocycles. The third-order valence-electron chi connectivity index (χ3n) is 6.28. The summed E-state index contributed by atoms with van der Waals surface area (Å²) >= 11 is 0. The van der Waals surface area contributed by atoms with Gasteiger partial charge in [0.05, 0.1) is 0 Å². The first-order valence-electron chi connectivity index (χ1n) is 12.7. The maximum atomic E-state index is 13.5. The van der Waals surface area contributed by atoms with Gasteiger partial charge in [0.2, 0.25) is 5.88 Å². The number of anilines is 1. The highest BCUT2D eigenvalue weighted by Crippen LogP contribution is 2.29. The Labute approximate surface area is 227 Å². The van der Waals surface area contributed by atoms with E-state index in [2.05, 4.69) is 10.3 Å². The van der Waals surface area contributed by atoms with Gasteiger partial charge in [-0.05, 0) is 80.4 Å². The van der Waals surface area contributed by atoms with E-state index in [9.17, 15) is 9.59 Å². The summed E-state index contributed by atoms with van der Waals surface area (Å²) in [6.07, 6.45) is 0. The number of aromatic nitrogens is 2. The zero-order chi connectivity index (χ0) is 27.4. The van der Waals surface area contributed by atoms with E-state index in [1.165, 1.54) is 0 Å². The van der Waals surface area contributed by atoms with Gasteiger partial charge in [0.1, 0.15) is 24.7 Å². The van der Waals surface area contributed by atoms with E-state index in [4.69, 9.17) is 9.47 Å². The molecule has 5 rings (SSSR count). The summed E-state index contributed by atoms with van der Waals surface area (Å²) in [6.45, 7) is 6.52. The Morgan fingerprint density at radius 1 is 0.821 bits per heavy atom. The van der Waals surface area contributed by atoms with E-state index < -0.39 is 11.7 Å². The van der Waals surface area contributed by atoms with E-state index in [1.807, 2.05) is 91.9 Å². The van der Waals surface area contributed by atoms with Crippen LogP contribution in [0.1, 0.15) is 27.4 Å². The molecule has 0 atom stereocenters. The van der Waals surface area contributed by atoms with Crippen molar-refractivity contribution in [2.75, 3.05) is 18.5 Å². The van der Waals surface area contributed by atoms with Crippen molar-refractivity contribution in [3.8, 4) is 22.8 Å². The second-order valence-corrected chi connectivity index (χ2v) is 9.33. The number of hydrogen-bond acceptors (Lipinski definition) is 5. The summed E-state index contributed by atoms with van der Waals surface area (Å²) in [4.78, 5) is 30.9. The topological polar surface area (TPSA) is 81.9 Å². The SMILES string of the molecule is Cc1cc(C)nc(OCCOc2ccc(NC(=O)C(=O)c3c(-c4ccccc4)cc4cccc(C)n34)cc2)c1. The third kappa shape index (κ3) is 5.83. The van der Waals surface area contributed by atoms with E-state index in [1.54, 1.807) is 24.3 Å². The molecule has 3 aromatic heterocycles. The average molecular weight is 520 g/mol. The highest BCUT2D eigenvalue weighted by molar-refractivity contribution is 6.47. The molecule has 196 valence electrons. The molecule has 5 aromatic rings. The molecule has 0 bridgehead atoms. The fourth-order valence-electron chi connectivity index (χ4n) is 4.57. The molecule has 0 saturated carbocycles. The van der Waals surface area contributed by atoms with Crippen molar-refractivity contribution >= 4 is 22.9 Å². The highest BCUT2D eigenvalue weighted by Gasteiger charge is 2.25. The number of fused-ring (bicyclic) bond motifs is 1. The van der Waals surface area contributed by atoms with Crippen LogP contribution in [0.15, 0.2) is 91.0 Å². The van der Waals surface area contributed by atoms with Crippen LogP contribution in [0.3, 0.4) is 0 Å². The van der Waals surface area contributed by atoms with Crippen LogP contribution in [0.4, 0.5) is 5.69 Å². The summed E-state index contributed by atoms with van der Waals surface area (Å²) in [5, 5.41) is 2.73. The molecule has 0 aliphatic rings. The van der Waals surface area contributed by atoms with Crippen LogP contribution in [-0.2, 0) is 4.79 Å². The molecule has 1 amide bonds. The predicted molar refractivity (Wildman–Crippen MR) is 152 cm³/mol. The van der Waals surface area contributed by atoms with Crippen LogP contribution in [-0.4, -0.2) is 34.3 Å². The number of ether oxygens (including phenoxy) is 2. The van der Waals surface area contributed by atoms with Crippen molar-refractivity contribution in [3.05, 3.63) is 114 Å². The molecule has 1 N–H and O–H groups in total. The number of rotatable bonds is 9. The molecule has 3 heterocycles. The highest BCUT2D eigenvalue weighted by atomic mass is 16.5. The molecule has 7 heteroatoms. The number of Topliss-reactive ketones (excluding diaryl/α,β-unsaturated/α-hetero) is 1. The smallest absolute Gasteiger partial charge is 0.298 e. The molecule has 0 spiro atoms. The molecule has 0 aliphatic heterocycles. The van der Waals surface area contributed by atoms with E-state index in [0.717, 1.165) is 28.0 Å². The van der Waals surface area contributed by atoms with Crippen molar-refractivity contribution in [1.29, 1.82) is 0 Å². The molecule has 0 aliphatic carbocycles. The Balaban J connectivity index is 1.25. The number of hydrogen-bond donors (Lipinski definition) is 1. The lowest BCUT2D eigenvalue weighted by Gasteiger charge is -2.11. The van der Waals surface area contributed by atoms with Crippen LogP contribution < -0.4 is 14.8 Å². The predicted octanol–water partition coefficient (Wildman–Crippen LogP) is 6.21. The maximum Gasteiger partial charge on any atom is 0.298 e. The Morgan fingerprint density at radius 2 is 1.56 bits per heavy atom. The van der Waals surface area contributed by atoms with Crippen molar-refractivity contribution < 1.29 is 19.1 Å². The van der Waals surface area contributed by atoms with Crippen LogP contribution in [0.2, 0.25) is 0 Å². The Bertz CT molecular complexity index is 1620. The van der Waals surface area contributed by atoms with Gasteiger partial charge in [0.15, 0.2) is 0 Å². The molecule has 39 heavy (non-hydrogen) atoms. The van der Waals surface area contributed by atoms with E-state index >= 15 is 0 Å². The molecule has 0 unspecified atom stereocenters. The standard InChI is InChI=1S/C32H29N3O4/c1-21-18-22(2)33-29(19-21)39-17-16-38-27-14-12-25(13-15-27)34-32(37)31(36)30-28(24-9-5-4-6-10-24)20-26-11-7-8-23(3)35(26)30/h4-15,18-20H,16-17H2,1-3H3,(H,34,37). The van der Waals surface area contributed by atoms with Gasteiger partial charge in [0, 0.05) is 34.2 Å². The number of nitrogens with zero attached hydrogens (tertiary/aromatic N) is 2. The summed E-state index contributed by atoms with van der Waals surface area (Å²) in [6, 6.07) is 28.1. The zero-order valence-electron chi connectivity index (χ0n) is 22.1. The van der Waals surface area contributed by atoms with Crippen LogP contribution >= 0.6 is 0 Å². The minimum absolute atomic E-state index is 0.335. The van der Waals surface area contributed by atoms with Crippen molar-refractivity contribution in [2.45, 2.75) is 20.8 Å². The molecular formula is C32H29N3O4. The second kappa shape index (κ2) is 11.2.